The Balaban J connectivity index is 1.46. The fraction of sp³-hybridized carbons (Fsp3) is 0.833. The second-order valence-corrected chi connectivity index (χ2v) is 12.8. The SMILES string of the molecule is C=CC(=O)O[C@H]1CC[C@@]2(C)C(=CCC3[C@@H]4CC[C@H]([C@H](C)CCCC(C)C)[C@@]4(C)CC[C@@H]32)C1. The summed E-state index contributed by atoms with van der Waals surface area (Å²) in [7, 11) is 0. The first-order valence-corrected chi connectivity index (χ1v) is 13.7. The smallest absolute Gasteiger partial charge is 0.330 e. The Bertz CT molecular complexity index is 735. The predicted octanol–water partition coefficient (Wildman–Crippen LogP) is 8.13. The van der Waals surface area contributed by atoms with E-state index in [0.29, 0.717) is 10.8 Å². The lowest BCUT2D eigenvalue weighted by molar-refractivity contribution is -0.145. The highest BCUT2D eigenvalue weighted by molar-refractivity contribution is 5.81. The first kappa shape index (κ1) is 24.1. The zero-order valence-electron chi connectivity index (χ0n) is 21.5. The third-order valence-electron chi connectivity index (χ3n) is 10.7. The van der Waals surface area contributed by atoms with E-state index < -0.39 is 0 Å². The van der Waals surface area contributed by atoms with E-state index >= 15 is 0 Å². The summed E-state index contributed by atoms with van der Waals surface area (Å²) in [6.45, 7) is 16.1. The second-order valence-electron chi connectivity index (χ2n) is 12.8. The predicted molar refractivity (Wildman–Crippen MR) is 133 cm³/mol. The van der Waals surface area contributed by atoms with E-state index in [1.165, 1.54) is 63.9 Å². The van der Waals surface area contributed by atoms with Gasteiger partial charge in [0.05, 0.1) is 0 Å². The van der Waals surface area contributed by atoms with Crippen LogP contribution in [0.3, 0.4) is 0 Å². The number of fused-ring (bicyclic) bond motifs is 5. The van der Waals surface area contributed by atoms with Crippen LogP contribution in [-0.4, -0.2) is 12.1 Å². The maximum Gasteiger partial charge on any atom is 0.330 e. The molecule has 0 amide bonds. The van der Waals surface area contributed by atoms with Crippen molar-refractivity contribution in [2.24, 2.45) is 46.3 Å². The van der Waals surface area contributed by atoms with Crippen molar-refractivity contribution in [2.45, 2.75) is 111 Å². The third-order valence-corrected chi connectivity index (χ3v) is 10.7. The molecule has 180 valence electrons. The first-order valence-electron chi connectivity index (χ1n) is 13.7. The van der Waals surface area contributed by atoms with Crippen LogP contribution in [-0.2, 0) is 9.53 Å². The van der Waals surface area contributed by atoms with Crippen LogP contribution in [0.5, 0.6) is 0 Å². The summed E-state index contributed by atoms with van der Waals surface area (Å²) >= 11 is 0. The fourth-order valence-electron chi connectivity index (χ4n) is 8.97. The average molecular weight is 441 g/mol. The fourth-order valence-corrected chi connectivity index (χ4v) is 8.97. The summed E-state index contributed by atoms with van der Waals surface area (Å²) in [5, 5.41) is 0. The summed E-state index contributed by atoms with van der Waals surface area (Å²) in [6, 6.07) is 0. The molecule has 0 bridgehead atoms. The largest absolute Gasteiger partial charge is 0.459 e. The molecule has 0 radical (unpaired) electrons. The Morgan fingerprint density at radius 3 is 2.62 bits per heavy atom. The first-order chi connectivity index (χ1) is 15.2. The standard InChI is InChI=1S/C30H48O2/c1-7-28(31)32-23-15-17-29(5)22(19-23)11-12-24-26-14-13-25(21(4)10-8-9-20(2)3)30(26,6)18-16-27(24)29/h7,11,20-21,23-27H,1,8-10,12-19H2,2-6H3/t21-,23+,24?,25-,26+,27+,29+,30-/m1/s1. The van der Waals surface area contributed by atoms with Gasteiger partial charge < -0.3 is 4.74 Å². The van der Waals surface area contributed by atoms with Gasteiger partial charge in [-0.05, 0) is 91.3 Å². The van der Waals surface area contributed by atoms with Crippen molar-refractivity contribution < 1.29 is 9.53 Å². The summed E-state index contributed by atoms with van der Waals surface area (Å²) in [4.78, 5) is 11.7. The van der Waals surface area contributed by atoms with Crippen LogP contribution in [0.15, 0.2) is 24.3 Å². The molecule has 4 aliphatic rings. The van der Waals surface area contributed by atoms with Crippen LogP contribution < -0.4 is 0 Å². The van der Waals surface area contributed by atoms with E-state index in [4.69, 9.17) is 4.74 Å². The number of rotatable bonds is 7. The number of carbonyl (C=O) groups excluding carboxylic acids is 1. The number of hydrogen-bond donors (Lipinski definition) is 0. The highest BCUT2D eigenvalue weighted by Gasteiger charge is 2.59. The molecule has 0 saturated heterocycles. The lowest BCUT2D eigenvalue weighted by Crippen LogP contribution is -2.51. The molecule has 0 aromatic carbocycles. The molecule has 4 rings (SSSR count). The normalized spacial score (nSPS) is 41.8. The Labute approximate surface area is 197 Å². The minimum Gasteiger partial charge on any atom is -0.459 e. The average Bonchev–Trinajstić information content (AvgIpc) is 3.11. The van der Waals surface area contributed by atoms with Crippen molar-refractivity contribution in [3.63, 3.8) is 0 Å². The molecule has 0 aromatic rings. The van der Waals surface area contributed by atoms with E-state index in [0.717, 1.165) is 48.3 Å². The van der Waals surface area contributed by atoms with Crippen LogP contribution in [0.25, 0.3) is 0 Å². The number of ether oxygens (including phenoxy) is 1. The van der Waals surface area contributed by atoms with Gasteiger partial charge in [0.25, 0.3) is 0 Å². The zero-order valence-corrected chi connectivity index (χ0v) is 21.5. The maximum absolute atomic E-state index is 11.7. The van der Waals surface area contributed by atoms with Gasteiger partial charge in [-0.2, -0.15) is 0 Å². The van der Waals surface area contributed by atoms with Gasteiger partial charge in [-0.1, -0.05) is 72.1 Å². The third kappa shape index (κ3) is 4.25. The lowest BCUT2D eigenvalue weighted by Gasteiger charge is -2.58. The van der Waals surface area contributed by atoms with Gasteiger partial charge in [-0.15, -0.1) is 0 Å². The quantitative estimate of drug-likeness (QED) is 0.227. The van der Waals surface area contributed by atoms with Crippen molar-refractivity contribution in [1.29, 1.82) is 0 Å². The van der Waals surface area contributed by atoms with E-state index in [-0.39, 0.29) is 12.1 Å². The van der Waals surface area contributed by atoms with Crippen LogP contribution in [0.2, 0.25) is 0 Å². The molecular formula is C30H48O2. The molecule has 3 fully saturated rings. The summed E-state index contributed by atoms with van der Waals surface area (Å²) in [6.07, 6.45) is 18.3. The van der Waals surface area contributed by atoms with E-state index in [1.54, 1.807) is 5.57 Å². The topological polar surface area (TPSA) is 26.3 Å². The Kier molecular flexibility index (Phi) is 7.00. The van der Waals surface area contributed by atoms with E-state index in [2.05, 4.69) is 47.3 Å². The van der Waals surface area contributed by atoms with Crippen LogP contribution in [0.4, 0.5) is 0 Å². The lowest BCUT2D eigenvalue weighted by atomic mass is 9.47. The van der Waals surface area contributed by atoms with Gasteiger partial charge in [-0.3, -0.25) is 0 Å². The molecule has 8 atom stereocenters. The molecule has 0 aliphatic heterocycles. The van der Waals surface area contributed by atoms with E-state index in [9.17, 15) is 4.79 Å². The molecule has 3 saturated carbocycles. The Hall–Kier alpha value is -1.05. The van der Waals surface area contributed by atoms with E-state index in [1.807, 2.05) is 0 Å². The van der Waals surface area contributed by atoms with Crippen LogP contribution >= 0.6 is 0 Å². The van der Waals surface area contributed by atoms with Crippen molar-refractivity contribution >= 4 is 5.97 Å². The molecule has 4 aliphatic carbocycles. The molecule has 0 heterocycles. The van der Waals surface area contributed by atoms with Gasteiger partial charge >= 0.3 is 5.97 Å². The van der Waals surface area contributed by atoms with Gasteiger partial charge in [0.15, 0.2) is 0 Å². The zero-order chi connectivity index (χ0) is 23.1. The van der Waals surface area contributed by atoms with Crippen molar-refractivity contribution in [2.75, 3.05) is 0 Å². The number of esters is 1. The van der Waals surface area contributed by atoms with Crippen molar-refractivity contribution in [3.8, 4) is 0 Å². The molecule has 1 unspecified atom stereocenters. The number of hydrogen-bond acceptors (Lipinski definition) is 2. The molecule has 2 heteroatoms. The Morgan fingerprint density at radius 2 is 1.91 bits per heavy atom. The molecule has 0 aromatic heterocycles. The van der Waals surface area contributed by atoms with Gasteiger partial charge in [0, 0.05) is 12.5 Å². The molecule has 0 spiro atoms. The van der Waals surface area contributed by atoms with Gasteiger partial charge in [0.1, 0.15) is 6.10 Å². The van der Waals surface area contributed by atoms with Gasteiger partial charge in [0.2, 0.25) is 0 Å². The maximum atomic E-state index is 11.7. The minimum atomic E-state index is -0.263. The van der Waals surface area contributed by atoms with Crippen LogP contribution in [0.1, 0.15) is 105 Å². The summed E-state index contributed by atoms with van der Waals surface area (Å²) < 4.78 is 5.65. The summed E-state index contributed by atoms with van der Waals surface area (Å²) in [5.74, 6) is 4.97. The van der Waals surface area contributed by atoms with Crippen molar-refractivity contribution in [3.05, 3.63) is 24.3 Å². The molecule has 2 nitrogen and oxygen atoms in total. The number of allylic oxidation sites excluding steroid dienone is 1. The Morgan fingerprint density at radius 1 is 1.12 bits per heavy atom. The monoisotopic (exact) mass is 440 g/mol. The second kappa shape index (κ2) is 9.30. The molecule has 0 N–H and O–H groups in total. The molecular weight excluding hydrogens is 392 g/mol. The summed E-state index contributed by atoms with van der Waals surface area (Å²) in [5.41, 5.74) is 2.46. The number of carbonyl (C=O) groups is 1. The molecule has 32 heavy (non-hydrogen) atoms. The van der Waals surface area contributed by atoms with Crippen LogP contribution in [0, 0.1) is 46.3 Å². The minimum absolute atomic E-state index is 0.0489. The highest BCUT2D eigenvalue weighted by Crippen LogP contribution is 2.67. The highest BCUT2D eigenvalue weighted by atomic mass is 16.5. The van der Waals surface area contributed by atoms with Crippen molar-refractivity contribution in [1.82, 2.24) is 0 Å². The van der Waals surface area contributed by atoms with Gasteiger partial charge in [-0.25, -0.2) is 4.79 Å².